The largest absolute Gasteiger partial charge is 0.311 e. The summed E-state index contributed by atoms with van der Waals surface area (Å²) in [6, 6.07) is 15.7. The van der Waals surface area contributed by atoms with Gasteiger partial charge in [-0.2, -0.15) is 0 Å². The molecule has 0 amide bonds. The topological polar surface area (TPSA) is 32.3 Å². The number of carbonyl (C=O) groups is 1. The smallest absolute Gasteiger partial charge is 0.150 e. The molecule has 0 saturated carbocycles. The predicted molar refractivity (Wildman–Crippen MR) is 102 cm³/mol. The number of rotatable bonds is 6. The number of nitrogens with one attached hydrogen (secondary N) is 1. The number of hydrogen-bond acceptors (Lipinski definition) is 3. The number of nitrogens with zero attached hydrogens (tertiary/aromatic N) is 1. The Morgan fingerprint density at radius 3 is 2.12 bits per heavy atom. The first kappa shape index (κ1) is 17.4. The fourth-order valence-electron chi connectivity index (χ4n) is 2.97. The molecule has 1 N–H and O–H groups in total. The van der Waals surface area contributed by atoms with Crippen LogP contribution >= 0.6 is 0 Å². The number of likely N-dealkylation sites (tertiary alicyclic amines) is 1. The van der Waals surface area contributed by atoms with E-state index in [0.29, 0.717) is 5.56 Å². The van der Waals surface area contributed by atoms with Crippen molar-refractivity contribution in [1.82, 2.24) is 10.2 Å². The van der Waals surface area contributed by atoms with E-state index in [0.717, 1.165) is 37.0 Å². The molecule has 25 heavy (non-hydrogen) atoms. The zero-order valence-corrected chi connectivity index (χ0v) is 14.5. The highest BCUT2D eigenvalue weighted by molar-refractivity contribution is 5.74. The molecule has 1 heterocycles. The third-order valence-electron chi connectivity index (χ3n) is 4.48. The van der Waals surface area contributed by atoms with Gasteiger partial charge in [0.15, 0.2) is 0 Å². The molecule has 0 radical (unpaired) electrons. The first-order valence-corrected chi connectivity index (χ1v) is 8.93. The molecular formula is C22H24N2O. The van der Waals surface area contributed by atoms with Gasteiger partial charge in [-0.1, -0.05) is 36.1 Å². The summed E-state index contributed by atoms with van der Waals surface area (Å²) in [5.74, 6) is 6.29. The molecule has 0 aliphatic carbocycles. The molecule has 2 aromatic rings. The Morgan fingerprint density at radius 1 is 0.920 bits per heavy atom. The fraction of sp³-hybridized carbons (Fsp3) is 0.318. The van der Waals surface area contributed by atoms with Crippen LogP contribution in [0.3, 0.4) is 0 Å². The Balaban J connectivity index is 1.46. The lowest BCUT2D eigenvalue weighted by Gasteiger charge is -2.14. The molecular weight excluding hydrogens is 308 g/mol. The van der Waals surface area contributed by atoms with Crippen molar-refractivity contribution in [2.75, 3.05) is 26.2 Å². The van der Waals surface area contributed by atoms with E-state index in [1.807, 2.05) is 12.1 Å². The van der Waals surface area contributed by atoms with Gasteiger partial charge in [0, 0.05) is 36.3 Å². The first-order valence-electron chi connectivity index (χ1n) is 8.93. The lowest BCUT2D eigenvalue weighted by molar-refractivity contribution is 0.112. The molecule has 3 heteroatoms. The van der Waals surface area contributed by atoms with E-state index < -0.39 is 0 Å². The van der Waals surface area contributed by atoms with Crippen LogP contribution < -0.4 is 5.32 Å². The summed E-state index contributed by atoms with van der Waals surface area (Å²) in [6.45, 7) is 5.60. The second-order valence-corrected chi connectivity index (χ2v) is 6.41. The summed E-state index contributed by atoms with van der Waals surface area (Å²) in [5, 5.41) is 3.51. The van der Waals surface area contributed by atoms with Crippen molar-refractivity contribution in [2.24, 2.45) is 0 Å². The van der Waals surface area contributed by atoms with Gasteiger partial charge in [0.2, 0.25) is 0 Å². The van der Waals surface area contributed by atoms with Crippen LogP contribution in [0.1, 0.15) is 39.9 Å². The van der Waals surface area contributed by atoms with Crippen molar-refractivity contribution in [3.8, 4) is 11.8 Å². The van der Waals surface area contributed by atoms with E-state index >= 15 is 0 Å². The van der Waals surface area contributed by atoms with Crippen molar-refractivity contribution in [1.29, 1.82) is 0 Å². The number of hydrogen-bond donors (Lipinski definition) is 1. The van der Waals surface area contributed by atoms with Crippen LogP contribution in [-0.4, -0.2) is 37.4 Å². The summed E-state index contributed by atoms with van der Waals surface area (Å²) < 4.78 is 0. The molecule has 3 nitrogen and oxygen atoms in total. The van der Waals surface area contributed by atoms with E-state index in [1.165, 1.54) is 31.5 Å². The second-order valence-electron chi connectivity index (χ2n) is 6.41. The van der Waals surface area contributed by atoms with Crippen molar-refractivity contribution < 1.29 is 4.79 Å². The fourth-order valence-corrected chi connectivity index (χ4v) is 2.97. The molecule has 0 aromatic heterocycles. The molecule has 1 aliphatic heterocycles. The monoisotopic (exact) mass is 332 g/mol. The third kappa shape index (κ3) is 5.56. The van der Waals surface area contributed by atoms with E-state index in [4.69, 9.17) is 0 Å². The van der Waals surface area contributed by atoms with Gasteiger partial charge in [0.25, 0.3) is 0 Å². The maximum atomic E-state index is 10.6. The minimum atomic E-state index is 0.673. The van der Waals surface area contributed by atoms with Gasteiger partial charge in [0.1, 0.15) is 6.29 Å². The Labute approximate surface area is 150 Å². The van der Waals surface area contributed by atoms with Crippen LogP contribution in [0.4, 0.5) is 0 Å². The van der Waals surface area contributed by atoms with Gasteiger partial charge in [-0.3, -0.25) is 4.79 Å². The molecule has 0 spiro atoms. The first-order chi connectivity index (χ1) is 12.3. The highest BCUT2D eigenvalue weighted by atomic mass is 16.1. The minimum absolute atomic E-state index is 0.673. The van der Waals surface area contributed by atoms with Crippen LogP contribution in [0.15, 0.2) is 48.5 Å². The zero-order valence-electron chi connectivity index (χ0n) is 14.5. The quantitative estimate of drug-likeness (QED) is 0.501. The molecule has 0 bridgehead atoms. The number of benzene rings is 2. The molecule has 3 rings (SSSR count). The van der Waals surface area contributed by atoms with Crippen LogP contribution in [0.25, 0.3) is 0 Å². The van der Waals surface area contributed by atoms with Gasteiger partial charge < -0.3 is 10.2 Å². The maximum Gasteiger partial charge on any atom is 0.150 e. The average Bonchev–Trinajstić information content (AvgIpc) is 3.18. The Morgan fingerprint density at radius 2 is 1.52 bits per heavy atom. The standard InChI is InChI=1S/C22H24N2O/c25-18-22-11-7-20(8-12-22)4-3-19-5-9-21(10-6-19)17-23-13-16-24-14-1-2-15-24/h5-12,18,23H,1-2,13-17H2. The van der Waals surface area contributed by atoms with Crippen molar-refractivity contribution >= 4 is 6.29 Å². The highest BCUT2D eigenvalue weighted by Crippen LogP contribution is 2.07. The maximum absolute atomic E-state index is 10.6. The average molecular weight is 332 g/mol. The second kappa shape index (κ2) is 9.17. The van der Waals surface area contributed by atoms with E-state index in [9.17, 15) is 4.79 Å². The SMILES string of the molecule is O=Cc1ccc(C#Cc2ccc(CNCCN3CCCC3)cc2)cc1. The van der Waals surface area contributed by atoms with Gasteiger partial charge >= 0.3 is 0 Å². The molecule has 1 fully saturated rings. The summed E-state index contributed by atoms with van der Waals surface area (Å²) in [4.78, 5) is 13.2. The van der Waals surface area contributed by atoms with E-state index in [1.54, 1.807) is 12.1 Å². The highest BCUT2D eigenvalue weighted by Gasteiger charge is 2.09. The molecule has 1 saturated heterocycles. The molecule has 128 valence electrons. The summed E-state index contributed by atoms with van der Waals surface area (Å²) in [7, 11) is 0. The van der Waals surface area contributed by atoms with Gasteiger partial charge in [-0.25, -0.2) is 0 Å². The predicted octanol–water partition coefficient (Wildman–Crippen LogP) is 3.08. The molecule has 2 aromatic carbocycles. The van der Waals surface area contributed by atoms with Gasteiger partial charge in [0.05, 0.1) is 0 Å². The lowest BCUT2D eigenvalue weighted by Crippen LogP contribution is -2.29. The Kier molecular flexibility index (Phi) is 6.39. The van der Waals surface area contributed by atoms with Crippen LogP contribution in [0.2, 0.25) is 0 Å². The van der Waals surface area contributed by atoms with Gasteiger partial charge in [-0.15, -0.1) is 0 Å². The zero-order chi connectivity index (χ0) is 17.3. The van der Waals surface area contributed by atoms with Crippen LogP contribution in [0.5, 0.6) is 0 Å². The molecule has 1 aliphatic rings. The normalized spacial score (nSPS) is 14.1. The molecule has 0 unspecified atom stereocenters. The number of carbonyl (C=O) groups excluding carboxylic acids is 1. The van der Waals surface area contributed by atoms with E-state index in [2.05, 4.69) is 46.3 Å². The Bertz CT molecular complexity index is 732. The van der Waals surface area contributed by atoms with Crippen molar-refractivity contribution in [3.05, 3.63) is 70.8 Å². The third-order valence-corrected chi connectivity index (χ3v) is 4.48. The Hall–Kier alpha value is -2.41. The van der Waals surface area contributed by atoms with Crippen LogP contribution in [0, 0.1) is 11.8 Å². The van der Waals surface area contributed by atoms with Crippen molar-refractivity contribution in [3.63, 3.8) is 0 Å². The summed E-state index contributed by atoms with van der Waals surface area (Å²) >= 11 is 0. The van der Waals surface area contributed by atoms with E-state index in [-0.39, 0.29) is 0 Å². The summed E-state index contributed by atoms with van der Waals surface area (Å²) in [6.07, 6.45) is 3.54. The van der Waals surface area contributed by atoms with Crippen molar-refractivity contribution in [2.45, 2.75) is 19.4 Å². The van der Waals surface area contributed by atoms with Gasteiger partial charge in [-0.05, 0) is 55.8 Å². The van der Waals surface area contributed by atoms with Crippen LogP contribution in [-0.2, 0) is 6.54 Å². The minimum Gasteiger partial charge on any atom is -0.311 e. The summed E-state index contributed by atoms with van der Waals surface area (Å²) in [5.41, 5.74) is 3.87. The molecule has 0 atom stereocenters. The lowest BCUT2D eigenvalue weighted by atomic mass is 10.1. The number of aldehydes is 1.